The lowest BCUT2D eigenvalue weighted by molar-refractivity contribution is -0.110. The molecule has 1 aliphatic carbocycles. The standard InChI is InChI=1S/C12H19NO3/c1-11(2,3)16-10(15)13-7-9(8-14)6-12(13)4-5-12/h8-9H,4-7H2,1-3H3/t9-/m1/s1. The van der Waals surface area contributed by atoms with Gasteiger partial charge in [0.1, 0.15) is 11.9 Å². The summed E-state index contributed by atoms with van der Waals surface area (Å²) < 4.78 is 5.36. The molecule has 0 aromatic carbocycles. The zero-order chi connectivity index (χ0) is 12.0. The molecule has 0 aromatic heterocycles. The molecule has 1 amide bonds. The van der Waals surface area contributed by atoms with E-state index >= 15 is 0 Å². The van der Waals surface area contributed by atoms with Crippen LogP contribution in [0.5, 0.6) is 0 Å². The van der Waals surface area contributed by atoms with Crippen molar-refractivity contribution in [2.45, 2.75) is 51.2 Å². The first-order chi connectivity index (χ1) is 7.36. The molecular formula is C12H19NO3. The highest BCUT2D eigenvalue weighted by molar-refractivity contribution is 5.72. The maximum atomic E-state index is 12.0. The van der Waals surface area contributed by atoms with E-state index < -0.39 is 5.60 Å². The molecule has 1 saturated heterocycles. The Kier molecular flexibility index (Phi) is 2.48. The summed E-state index contributed by atoms with van der Waals surface area (Å²) in [6.45, 7) is 6.10. The second-order valence-electron chi connectivity index (χ2n) is 5.92. The summed E-state index contributed by atoms with van der Waals surface area (Å²) in [7, 11) is 0. The fourth-order valence-electron chi connectivity index (χ4n) is 2.39. The number of rotatable bonds is 1. The first kappa shape index (κ1) is 11.4. The first-order valence-electron chi connectivity index (χ1n) is 5.82. The van der Waals surface area contributed by atoms with E-state index in [-0.39, 0.29) is 17.6 Å². The molecule has 0 aromatic rings. The molecule has 1 spiro atoms. The molecule has 16 heavy (non-hydrogen) atoms. The third kappa shape index (κ3) is 2.06. The Labute approximate surface area is 95.9 Å². The largest absolute Gasteiger partial charge is 0.444 e. The van der Waals surface area contributed by atoms with E-state index in [9.17, 15) is 9.59 Å². The third-order valence-electron chi connectivity index (χ3n) is 3.27. The van der Waals surface area contributed by atoms with Gasteiger partial charge in [0.25, 0.3) is 0 Å². The Morgan fingerprint density at radius 1 is 1.44 bits per heavy atom. The highest BCUT2D eigenvalue weighted by atomic mass is 16.6. The molecule has 1 atom stereocenters. The van der Waals surface area contributed by atoms with Gasteiger partial charge in [-0.25, -0.2) is 4.79 Å². The monoisotopic (exact) mass is 225 g/mol. The van der Waals surface area contributed by atoms with Crippen molar-refractivity contribution >= 4 is 12.4 Å². The van der Waals surface area contributed by atoms with E-state index in [1.54, 1.807) is 4.90 Å². The van der Waals surface area contributed by atoms with Gasteiger partial charge < -0.3 is 14.4 Å². The molecule has 4 heteroatoms. The van der Waals surface area contributed by atoms with Crippen molar-refractivity contribution in [3.8, 4) is 0 Å². The first-order valence-corrected chi connectivity index (χ1v) is 5.82. The van der Waals surface area contributed by atoms with E-state index in [2.05, 4.69) is 0 Å². The zero-order valence-electron chi connectivity index (χ0n) is 10.2. The molecule has 0 N–H and O–H groups in total. The molecule has 0 bridgehead atoms. The van der Waals surface area contributed by atoms with Gasteiger partial charge in [0, 0.05) is 18.0 Å². The predicted octanol–water partition coefficient (Wildman–Crippen LogP) is 1.97. The summed E-state index contributed by atoms with van der Waals surface area (Å²) in [5.74, 6) is -0.00461. The number of aldehydes is 1. The number of hydrogen-bond donors (Lipinski definition) is 0. The van der Waals surface area contributed by atoms with Crippen molar-refractivity contribution in [1.82, 2.24) is 4.90 Å². The van der Waals surface area contributed by atoms with Crippen LogP contribution in [0.3, 0.4) is 0 Å². The van der Waals surface area contributed by atoms with Crippen LogP contribution in [0.2, 0.25) is 0 Å². The van der Waals surface area contributed by atoms with Gasteiger partial charge in [-0.05, 0) is 40.0 Å². The molecule has 2 rings (SSSR count). The van der Waals surface area contributed by atoms with Crippen LogP contribution in [-0.2, 0) is 9.53 Å². The van der Waals surface area contributed by atoms with E-state index in [0.717, 1.165) is 25.5 Å². The molecule has 2 fully saturated rings. The van der Waals surface area contributed by atoms with Crippen LogP contribution < -0.4 is 0 Å². The average Bonchev–Trinajstić information content (AvgIpc) is 2.76. The van der Waals surface area contributed by atoms with Gasteiger partial charge in [-0.1, -0.05) is 0 Å². The van der Waals surface area contributed by atoms with Crippen molar-refractivity contribution < 1.29 is 14.3 Å². The highest BCUT2D eigenvalue weighted by Crippen LogP contribution is 2.51. The van der Waals surface area contributed by atoms with Crippen LogP contribution in [0.4, 0.5) is 4.79 Å². The molecule has 0 unspecified atom stereocenters. The maximum absolute atomic E-state index is 12.0. The van der Waals surface area contributed by atoms with Crippen molar-refractivity contribution in [3.63, 3.8) is 0 Å². The maximum Gasteiger partial charge on any atom is 0.410 e. The average molecular weight is 225 g/mol. The molecule has 0 radical (unpaired) electrons. The Morgan fingerprint density at radius 2 is 2.06 bits per heavy atom. The quantitative estimate of drug-likeness (QED) is 0.641. The summed E-state index contributed by atoms with van der Waals surface area (Å²) in [4.78, 5) is 24.5. The van der Waals surface area contributed by atoms with Crippen molar-refractivity contribution in [3.05, 3.63) is 0 Å². The lowest BCUT2D eigenvalue weighted by atomic mass is 10.1. The Balaban J connectivity index is 2.04. The second kappa shape index (κ2) is 3.47. The summed E-state index contributed by atoms with van der Waals surface area (Å²) in [6, 6.07) is 0. The topological polar surface area (TPSA) is 46.6 Å². The van der Waals surface area contributed by atoms with Crippen molar-refractivity contribution in [2.24, 2.45) is 5.92 Å². The number of hydrogen-bond acceptors (Lipinski definition) is 3. The number of carbonyl (C=O) groups excluding carboxylic acids is 2. The van der Waals surface area contributed by atoms with Crippen LogP contribution >= 0.6 is 0 Å². The molecule has 90 valence electrons. The van der Waals surface area contributed by atoms with Crippen LogP contribution in [0, 0.1) is 5.92 Å². The number of amides is 1. The summed E-state index contributed by atoms with van der Waals surface area (Å²) in [6.07, 6.45) is 3.53. The zero-order valence-corrected chi connectivity index (χ0v) is 10.2. The molecule has 1 aliphatic heterocycles. The minimum absolute atomic E-state index is 0.00461. The molecule has 1 heterocycles. The third-order valence-corrected chi connectivity index (χ3v) is 3.27. The minimum Gasteiger partial charge on any atom is -0.444 e. The number of ether oxygens (including phenoxy) is 1. The van der Waals surface area contributed by atoms with Gasteiger partial charge in [0.05, 0.1) is 0 Å². The van der Waals surface area contributed by atoms with Crippen LogP contribution in [-0.4, -0.2) is 35.0 Å². The fourth-order valence-corrected chi connectivity index (χ4v) is 2.39. The number of likely N-dealkylation sites (tertiary alicyclic amines) is 1. The van der Waals surface area contributed by atoms with E-state index in [1.807, 2.05) is 20.8 Å². The molecule has 2 aliphatic rings. The smallest absolute Gasteiger partial charge is 0.410 e. The lowest BCUT2D eigenvalue weighted by Gasteiger charge is -2.28. The van der Waals surface area contributed by atoms with Gasteiger partial charge in [0.15, 0.2) is 0 Å². The summed E-state index contributed by atoms with van der Waals surface area (Å²) >= 11 is 0. The fraction of sp³-hybridized carbons (Fsp3) is 0.833. The van der Waals surface area contributed by atoms with E-state index in [1.165, 1.54) is 0 Å². The van der Waals surface area contributed by atoms with E-state index in [4.69, 9.17) is 4.74 Å². The predicted molar refractivity (Wildman–Crippen MR) is 59.1 cm³/mol. The molecule has 4 nitrogen and oxygen atoms in total. The van der Waals surface area contributed by atoms with Crippen molar-refractivity contribution in [2.75, 3.05) is 6.54 Å². The van der Waals surface area contributed by atoms with E-state index in [0.29, 0.717) is 6.54 Å². The van der Waals surface area contributed by atoms with Gasteiger partial charge in [-0.2, -0.15) is 0 Å². The van der Waals surface area contributed by atoms with Gasteiger partial charge >= 0.3 is 6.09 Å². The summed E-state index contributed by atoms with van der Waals surface area (Å²) in [5, 5.41) is 0. The SMILES string of the molecule is CC(C)(C)OC(=O)N1C[C@H](C=O)CC12CC2. The lowest BCUT2D eigenvalue weighted by Crippen LogP contribution is -2.41. The van der Waals surface area contributed by atoms with Crippen LogP contribution in [0.15, 0.2) is 0 Å². The molecular weight excluding hydrogens is 206 g/mol. The summed E-state index contributed by atoms with van der Waals surface area (Å²) in [5.41, 5.74) is -0.514. The molecule has 1 saturated carbocycles. The normalized spacial score (nSPS) is 26.9. The second-order valence-corrected chi connectivity index (χ2v) is 5.92. The Morgan fingerprint density at radius 3 is 2.50 bits per heavy atom. The van der Waals surface area contributed by atoms with Crippen LogP contribution in [0.25, 0.3) is 0 Å². The van der Waals surface area contributed by atoms with Gasteiger partial charge in [-0.15, -0.1) is 0 Å². The highest BCUT2D eigenvalue weighted by Gasteiger charge is 2.56. The van der Waals surface area contributed by atoms with Gasteiger partial charge in [0.2, 0.25) is 0 Å². The minimum atomic E-state index is -0.466. The Hall–Kier alpha value is -1.06. The van der Waals surface area contributed by atoms with Crippen LogP contribution in [0.1, 0.15) is 40.0 Å². The number of carbonyl (C=O) groups is 2. The van der Waals surface area contributed by atoms with Gasteiger partial charge in [-0.3, -0.25) is 0 Å². The number of nitrogens with zero attached hydrogens (tertiary/aromatic N) is 1. The Bertz CT molecular complexity index is 315. The van der Waals surface area contributed by atoms with Crippen molar-refractivity contribution in [1.29, 1.82) is 0 Å².